The van der Waals surface area contributed by atoms with Gasteiger partial charge in [-0.25, -0.2) is 4.79 Å². The van der Waals surface area contributed by atoms with E-state index in [1.165, 1.54) is 7.11 Å². The molecule has 0 aliphatic heterocycles. The Morgan fingerprint density at radius 2 is 1.83 bits per heavy atom. The predicted molar refractivity (Wildman–Crippen MR) is 72.2 cm³/mol. The van der Waals surface area contributed by atoms with Gasteiger partial charge in [0.2, 0.25) is 0 Å². The van der Waals surface area contributed by atoms with E-state index < -0.39 is 0 Å². The summed E-state index contributed by atoms with van der Waals surface area (Å²) < 4.78 is 4.78. The number of hydrogen-bond donors (Lipinski definition) is 1. The van der Waals surface area contributed by atoms with Crippen LogP contribution in [0.4, 0.5) is 11.4 Å². The van der Waals surface area contributed by atoms with Gasteiger partial charge in [0.25, 0.3) is 0 Å². The van der Waals surface area contributed by atoms with Crippen LogP contribution in [0.5, 0.6) is 0 Å². The van der Waals surface area contributed by atoms with Gasteiger partial charge in [0, 0.05) is 5.69 Å². The van der Waals surface area contributed by atoms with Gasteiger partial charge in [-0.3, -0.25) is 0 Å². The number of carbonyl (C=O) groups is 1. The number of rotatable bonds is 3. The van der Waals surface area contributed by atoms with Gasteiger partial charge in [-0.15, -0.1) is 0 Å². The third-order valence-corrected chi connectivity index (χ3v) is 2.63. The Bertz CT molecular complexity index is 550. The van der Waals surface area contributed by atoms with E-state index in [-0.39, 0.29) is 5.97 Å². The van der Waals surface area contributed by atoms with Crippen molar-refractivity contribution in [2.24, 2.45) is 0 Å². The minimum atomic E-state index is -0.339. The lowest BCUT2D eigenvalue weighted by atomic mass is 10.1. The summed E-state index contributed by atoms with van der Waals surface area (Å²) in [5, 5.41) is 3.23. The summed E-state index contributed by atoms with van der Waals surface area (Å²) in [7, 11) is 1.38. The van der Waals surface area contributed by atoms with Crippen LogP contribution in [-0.2, 0) is 4.74 Å². The highest BCUT2D eigenvalue weighted by atomic mass is 16.5. The molecular formula is C15H15NO2. The molecule has 18 heavy (non-hydrogen) atoms. The van der Waals surface area contributed by atoms with Gasteiger partial charge < -0.3 is 10.1 Å². The minimum Gasteiger partial charge on any atom is -0.465 e. The zero-order valence-electron chi connectivity index (χ0n) is 10.4. The fraction of sp³-hybridized carbons (Fsp3) is 0.133. The second-order valence-corrected chi connectivity index (χ2v) is 4.03. The number of benzene rings is 2. The Labute approximate surface area is 106 Å². The second-order valence-electron chi connectivity index (χ2n) is 4.03. The highest BCUT2D eigenvalue weighted by Gasteiger charge is 2.11. The van der Waals surface area contributed by atoms with Crippen molar-refractivity contribution < 1.29 is 9.53 Å². The summed E-state index contributed by atoms with van der Waals surface area (Å²) in [5.74, 6) is -0.339. The Kier molecular flexibility index (Phi) is 3.63. The van der Waals surface area contributed by atoms with Crippen LogP contribution in [0.15, 0.2) is 48.5 Å². The molecule has 0 bridgehead atoms. The predicted octanol–water partition coefficient (Wildman–Crippen LogP) is 3.53. The molecule has 0 heterocycles. The largest absolute Gasteiger partial charge is 0.465 e. The van der Waals surface area contributed by atoms with Crippen molar-refractivity contribution in [2.75, 3.05) is 12.4 Å². The van der Waals surface area contributed by atoms with Crippen LogP contribution < -0.4 is 5.32 Å². The molecule has 92 valence electrons. The quantitative estimate of drug-likeness (QED) is 0.835. The third kappa shape index (κ3) is 2.69. The average Bonchev–Trinajstić information content (AvgIpc) is 2.39. The van der Waals surface area contributed by atoms with Crippen molar-refractivity contribution in [3.63, 3.8) is 0 Å². The molecule has 0 spiro atoms. The molecule has 0 saturated carbocycles. The Hall–Kier alpha value is -2.29. The number of para-hydroxylation sites is 1. The van der Waals surface area contributed by atoms with Crippen LogP contribution in [0.2, 0.25) is 0 Å². The maximum Gasteiger partial charge on any atom is 0.339 e. The molecule has 0 saturated heterocycles. The second kappa shape index (κ2) is 5.36. The number of anilines is 2. The van der Waals surface area contributed by atoms with Crippen molar-refractivity contribution in [3.05, 3.63) is 59.7 Å². The Balaban J connectivity index is 2.36. The highest BCUT2D eigenvalue weighted by molar-refractivity contribution is 5.96. The van der Waals surface area contributed by atoms with Crippen molar-refractivity contribution in [1.29, 1.82) is 0 Å². The maximum atomic E-state index is 11.7. The van der Waals surface area contributed by atoms with Gasteiger partial charge in [-0.05, 0) is 36.8 Å². The van der Waals surface area contributed by atoms with Crippen LogP contribution in [-0.4, -0.2) is 13.1 Å². The smallest absolute Gasteiger partial charge is 0.339 e. The fourth-order valence-corrected chi connectivity index (χ4v) is 1.73. The summed E-state index contributed by atoms with van der Waals surface area (Å²) in [6.45, 7) is 1.98. The summed E-state index contributed by atoms with van der Waals surface area (Å²) >= 11 is 0. The zero-order chi connectivity index (χ0) is 13.0. The van der Waals surface area contributed by atoms with Crippen molar-refractivity contribution in [3.8, 4) is 0 Å². The number of esters is 1. The van der Waals surface area contributed by atoms with Crippen LogP contribution in [0.1, 0.15) is 15.9 Å². The topological polar surface area (TPSA) is 38.3 Å². The molecule has 2 aromatic rings. The zero-order valence-corrected chi connectivity index (χ0v) is 10.4. The van der Waals surface area contributed by atoms with Crippen LogP contribution in [0.3, 0.4) is 0 Å². The molecule has 0 radical (unpaired) electrons. The summed E-state index contributed by atoms with van der Waals surface area (Å²) in [6, 6.07) is 15.3. The van der Waals surface area contributed by atoms with Gasteiger partial charge in [-0.2, -0.15) is 0 Å². The van der Waals surface area contributed by atoms with E-state index in [1.807, 2.05) is 49.4 Å². The number of hydrogen-bond acceptors (Lipinski definition) is 3. The van der Waals surface area contributed by atoms with E-state index in [4.69, 9.17) is 4.74 Å². The Morgan fingerprint density at radius 1 is 1.11 bits per heavy atom. The monoisotopic (exact) mass is 241 g/mol. The van der Waals surface area contributed by atoms with Crippen molar-refractivity contribution >= 4 is 17.3 Å². The normalized spacial score (nSPS) is 9.89. The molecule has 0 fully saturated rings. The van der Waals surface area contributed by atoms with E-state index in [1.54, 1.807) is 6.07 Å². The van der Waals surface area contributed by atoms with Gasteiger partial charge in [0.15, 0.2) is 0 Å². The number of ether oxygens (including phenoxy) is 1. The van der Waals surface area contributed by atoms with Gasteiger partial charge in [0.1, 0.15) is 0 Å². The molecule has 0 unspecified atom stereocenters. The molecule has 3 heteroatoms. The summed E-state index contributed by atoms with van der Waals surface area (Å²) in [5.41, 5.74) is 3.31. The van der Waals surface area contributed by atoms with Gasteiger partial charge in [0.05, 0.1) is 18.4 Å². The fourth-order valence-electron chi connectivity index (χ4n) is 1.73. The molecule has 2 rings (SSSR count). The lowest BCUT2D eigenvalue weighted by molar-refractivity contribution is 0.0602. The van der Waals surface area contributed by atoms with Crippen molar-refractivity contribution in [1.82, 2.24) is 0 Å². The van der Waals surface area contributed by atoms with Gasteiger partial charge in [-0.1, -0.05) is 24.3 Å². The number of aryl methyl sites for hydroxylation is 1. The third-order valence-electron chi connectivity index (χ3n) is 2.63. The first-order chi connectivity index (χ1) is 8.70. The summed E-state index contributed by atoms with van der Waals surface area (Å²) in [6.07, 6.45) is 0. The molecule has 0 amide bonds. The molecule has 2 aromatic carbocycles. The number of nitrogens with one attached hydrogen (secondary N) is 1. The van der Waals surface area contributed by atoms with E-state index in [0.29, 0.717) is 5.56 Å². The highest BCUT2D eigenvalue weighted by Crippen LogP contribution is 2.22. The number of carbonyl (C=O) groups excluding carboxylic acids is 1. The van der Waals surface area contributed by atoms with E-state index in [0.717, 1.165) is 16.9 Å². The minimum absolute atomic E-state index is 0.339. The average molecular weight is 241 g/mol. The van der Waals surface area contributed by atoms with E-state index in [2.05, 4.69) is 5.32 Å². The molecule has 3 nitrogen and oxygen atoms in total. The molecular weight excluding hydrogens is 226 g/mol. The Morgan fingerprint density at radius 3 is 2.50 bits per heavy atom. The molecule has 0 aliphatic rings. The summed E-state index contributed by atoms with van der Waals surface area (Å²) in [4.78, 5) is 11.7. The van der Waals surface area contributed by atoms with Crippen LogP contribution >= 0.6 is 0 Å². The van der Waals surface area contributed by atoms with Crippen molar-refractivity contribution in [2.45, 2.75) is 6.92 Å². The van der Waals surface area contributed by atoms with Crippen LogP contribution in [0, 0.1) is 6.92 Å². The van der Waals surface area contributed by atoms with E-state index >= 15 is 0 Å². The van der Waals surface area contributed by atoms with Crippen LogP contribution in [0.25, 0.3) is 0 Å². The molecule has 0 atom stereocenters. The SMILES string of the molecule is COC(=O)c1ccc(C)cc1Nc1ccccc1. The van der Waals surface area contributed by atoms with E-state index in [9.17, 15) is 4.79 Å². The first-order valence-corrected chi connectivity index (χ1v) is 5.72. The molecule has 1 N–H and O–H groups in total. The number of methoxy groups -OCH3 is 1. The first kappa shape index (κ1) is 12.2. The molecule has 0 aliphatic carbocycles. The van der Waals surface area contributed by atoms with Gasteiger partial charge >= 0.3 is 5.97 Å². The maximum absolute atomic E-state index is 11.7. The molecule has 0 aromatic heterocycles. The first-order valence-electron chi connectivity index (χ1n) is 5.72. The lowest BCUT2D eigenvalue weighted by Gasteiger charge is -2.11. The standard InChI is InChI=1S/C15H15NO2/c1-11-8-9-13(15(17)18-2)14(10-11)16-12-6-4-3-5-7-12/h3-10,16H,1-2H3. The lowest BCUT2D eigenvalue weighted by Crippen LogP contribution is -2.05.